The van der Waals surface area contributed by atoms with E-state index in [-0.39, 0.29) is 25.9 Å². The minimum atomic E-state index is -4.78. The average molecular weight is 1140 g/mol. The third-order valence-electron chi connectivity index (χ3n) is 13.1. The van der Waals surface area contributed by atoms with Gasteiger partial charge >= 0.3 is 25.7 Å². The molecule has 0 saturated heterocycles. The van der Waals surface area contributed by atoms with Crippen molar-refractivity contribution in [1.82, 2.24) is 0 Å². The van der Waals surface area contributed by atoms with Crippen molar-refractivity contribution >= 4 is 25.7 Å². The van der Waals surface area contributed by atoms with Gasteiger partial charge in [0.05, 0.1) is 19.8 Å². The van der Waals surface area contributed by atoms with Crippen LogP contribution in [0.4, 0.5) is 0 Å². The number of unbranched alkanes of at least 4 members (excludes halogenated alkanes) is 23. The van der Waals surface area contributed by atoms with Crippen molar-refractivity contribution in [2.45, 2.75) is 277 Å². The molecule has 0 aromatic heterocycles. The van der Waals surface area contributed by atoms with E-state index in [1.807, 2.05) is 12.2 Å². The van der Waals surface area contributed by atoms with Crippen LogP contribution in [0.3, 0.4) is 0 Å². The largest absolute Gasteiger partial charge is 0.472 e. The van der Waals surface area contributed by atoms with E-state index in [9.17, 15) is 28.9 Å². The standard InChI is InChI=1S/C68H115O11P/c1-4-7-10-13-16-19-22-25-28-31-32-35-38-41-44-47-50-53-56-59-68(72)79-65(61-75-66(70)57-54-51-48-45-42-39-36-33-29-26-23-20-17-14-11-8-5-2)63-77-80(73,74)76-62-64(60-69)78-67(71)58-55-52-49-46-43-40-37-34-30-27-24-21-18-15-12-9-6-3/h9,12,16-21,25-30,37,40,46,49,64-65,69H,4-8,10-11,13-15,22-24,31-36,38-39,41-45,47-48,50-63H2,1-3H3,(H,73,74)/b12-9-,19-16-,20-17-,21-18-,28-25-,29-26-,30-27-,40-37-,49-46-. The Morgan fingerprint density at radius 1 is 0.362 bits per heavy atom. The highest BCUT2D eigenvalue weighted by atomic mass is 31.2. The lowest BCUT2D eigenvalue weighted by Crippen LogP contribution is -2.30. The molecule has 0 aliphatic heterocycles. The van der Waals surface area contributed by atoms with E-state index in [1.165, 1.54) is 96.3 Å². The van der Waals surface area contributed by atoms with Gasteiger partial charge in [-0.15, -0.1) is 0 Å². The molecule has 0 aliphatic rings. The molecular formula is C68H115O11P. The Hall–Kier alpha value is -3.86. The number of hydrogen-bond acceptors (Lipinski definition) is 10. The summed E-state index contributed by atoms with van der Waals surface area (Å²) in [6, 6.07) is 0. The highest BCUT2D eigenvalue weighted by Gasteiger charge is 2.28. The predicted molar refractivity (Wildman–Crippen MR) is 334 cm³/mol. The molecular weight excluding hydrogens is 1020 g/mol. The molecule has 0 heterocycles. The molecule has 0 aromatic rings. The van der Waals surface area contributed by atoms with Crippen LogP contribution in [0.5, 0.6) is 0 Å². The van der Waals surface area contributed by atoms with Gasteiger partial charge in [0, 0.05) is 19.3 Å². The van der Waals surface area contributed by atoms with Crippen molar-refractivity contribution in [3.63, 3.8) is 0 Å². The van der Waals surface area contributed by atoms with Gasteiger partial charge in [0.2, 0.25) is 0 Å². The summed E-state index contributed by atoms with van der Waals surface area (Å²) in [4.78, 5) is 48.7. The van der Waals surface area contributed by atoms with Gasteiger partial charge in [-0.25, -0.2) is 4.57 Å². The fraction of sp³-hybridized carbons (Fsp3) is 0.691. The predicted octanol–water partition coefficient (Wildman–Crippen LogP) is 19.4. The molecule has 0 aromatic carbocycles. The summed E-state index contributed by atoms with van der Waals surface area (Å²) in [5.41, 5.74) is 0. The molecule has 3 atom stereocenters. The maximum absolute atomic E-state index is 13.0. The van der Waals surface area contributed by atoms with E-state index < -0.39 is 57.8 Å². The summed E-state index contributed by atoms with van der Waals surface area (Å²) in [6.07, 6.45) is 74.7. The number of carbonyl (C=O) groups is 3. The van der Waals surface area contributed by atoms with Crippen LogP contribution in [0.1, 0.15) is 265 Å². The summed E-state index contributed by atoms with van der Waals surface area (Å²) in [7, 11) is -4.78. The molecule has 0 spiro atoms. The van der Waals surface area contributed by atoms with E-state index in [0.717, 1.165) is 103 Å². The van der Waals surface area contributed by atoms with E-state index in [2.05, 4.69) is 118 Å². The molecule has 0 bridgehead atoms. The molecule has 80 heavy (non-hydrogen) atoms. The number of ether oxygens (including phenoxy) is 3. The van der Waals surface area contributed by atoms with Gasteiger partial charge in [-0.1, -0.05) is 233 Å². The third kappa shape index (κ3) is 58.8. The second-order valence-corrected chi connectivity index (χ2v) is 22.3. The molecule has 3 unspecified atom stereocenters. The average Bonchev–Trinajstić information content (AvgIpc) is 3.45. The van der Waals surface area contributed by atoms with Gasteiger partial charge in [-0.2, -0.15) is 0 Å². The van der Waals surface area contributed by atoms with Crippen LogP contribution in [-0.2, 0) is 42.2 Å². The topological polar surface area (TPSA) is 155 Å². The fourth-order valence-corrected chi connectivity index (χ4v) is 9.12. The van der Waals surface area contributed by atoms with Crippen molar-refractivity contribution in [3.8, 4) is 0 Å². The molecule has 11 nitrogen and oxygen atoms in total. The van der Waals surface area contributed by atoms with Crippen molar-refractivity contribution < 1.29 is 52.2 Å². The number of allylic oxidation sites excluding steroid dienone is 18. The molecule has 0 fully saturated rings. The zero-order chi connectivity index (χ0) is 58.3. The first-order valence-electron chi connectivity index (χ1n) is 31.8. The Labute approximate surface area is 488 Å². The lowest BCUT2D eigenvalue weighted by atomic mass is 10.1. The Morgan fingerprint density at radius 2 is 0.662 bits per heavy atom. The minimum Gasteiger partial charge on any atom is -0.462 e. The Bertz CT molecular complexity index is 1760. The second-order valence-electron chi connectivity index (χ2n) is 20.8. The van der Waals surface area contributed by atoms with Gasteiger partial charge < -0.3 is 24.2 Å². The molecule has 12 heteroatoms. The molecule has 2 N–H and O–H groups in total. The Morgan fingerprint density at radius 3 is 1.05 bits per heavy atom. The fourth-order valence-electron chi connectivity index (χ4n) is 8.33. The first kappa shape index (κ1) is 76.1. The van der Waals surface area contributed by atoms with E-state index in [4.69, 9.17) is 23.3 Å². The zero-order valence-electron chi connectivity index (χ0n) is 50.8. The van der Waals surface area contributed by atoms with Crippen LogP contribution in [0.2, 0.25) is 0 Å². The maximum Gasteiger partial charge on any atom is 0.472 e. The number of hydrogen-bond donors (Lipinski definition) is 2. The van der Waals surface area contributed by atoms with Crippen LogP contribution < -0.4 is 0 Å². The van der Waals surface area contributed by atoms with Gasteiger partial charge in [0.1, 0.15) is 12.7 Å². The van der Waals surface area contributed by atoms with Gasteiger partial charge in [-0.05, 0) is 122 Å². The third-order valence-corrected chi connectivity index (χ3v) is 14.1. The van der Waals surface area contributed by atoms with Crippen LogP contribution in [0, 0.1) is 0 Å². The van der Waals surface area contributed by atoms with Crippen molar-refractivity contribution in [2.75, 3.05) is 26.4 Å². The van der Waals surface area contributed by atoms with Crippen LogP contribution >= 0.6 is 7.82 Å². The number of aliphatic hydroxyl groups is 1. The van der Waals surface area contributed by atoms with Crippen LogP contribution in [0.25, 0.3) is 0 Å². The minimum absolute atomic E-state index is 0.0939. The normalized spacial score (nSPS) is 14.0. The summed E-state index contributed by atoms with van der Waals surface area (Å²) < 4.78 is 39.6. The Kier molecular flexibility index (Phi) is 58.3. The van der Waals surface area contributed by atoms with Gasteiger partial charge in [-0.3, -0.25) is 23.4 Å². The Balaban J connectivity index is 4.79. The molecule has 0 aliphatic carbocycles. The molecule has 458 valence electrons. The highest BCUT2D eigenvalue weighted by molar-refractivity contribution is 7.47. The SMILES string of the molecule is CC/C=C\C/C=C\C/C=C\C/C=C\C/C=C\CCCC(=O)OC(CO)COP(=O)(O)OCC(COC(=O)CCCCCCCCC/C=C\C/C=C\CCCCC)OC(=O)CCCCCCCCCCC/C=C\C/C=C\CCCCC. The van der Waals surface area contributed by atoms with E-state index >= 15 is 0 Å². The molecule has 0 radical (unpaired) electrons. The summed E-state index contributed by atoms with van der Waals surface area (Å²) in [5, 5.41) is 9.84. The quantitative estimate of drug-likeness (QED) is 0.0197. The van der Waals surface area contributed by atoms with Crippen molar-refractivity contribution in [2.24, 2.45) is 0 Å². The van der Waals surface area contributed by atoms with E-state index in [1.54, 1.807) is 0 Å². The molecule has 0 amide bonds. The van der Waals surface area contributed by atoms with Crippen molar-refractivity contribution in [1.29, 1.82) is 0 Å². The van der Waals surface area contributed by atoms with Gasteiger partial charge in [0.15, 0.2) is 6.10 Å². The molecule has 0 rings (SSSR count). The van der Waals surface area contributed by atoms with Crippen LogP contribution in [0.15, 0.2) is 109 Å². The zero-order valence-corrected chi connectivity index (χ0v) is 51.7. The van der Waals surface area contributed by atoms with Gasteiger partial charge in [0.25, 0.3) is 0 Å². The maximum atomic E-state index is 13.0. The number of phosphoric ester groups is 1. The van der Waals surface area contributed by atoms with Crippen molar-refractivity contribution in [3.05, 3.63) is 109 Å². The summed E-state index contributed by atoms with van der Waals surface area (Å²) in [5.74, 6) is -1.54. The first-order valence-corrected chi connectivity index (χ1v) is 33.3. The number of phosphoric acid groups is 1. The second kappa shape index (κ2) is 61.2. The monoisotopic (exact) mass is 1140 g/mol. The number of aliphatic hydroxyl groups excluding tert-OH is 1. The first-order chi connectivity index (χ1) is 39.2. The van der Waals surface area contributed by atoms with E-state index in [0.29, 0.717) is 25.7 Å². The van der Waals surface area contributed by atoms with Crippen LogP contribution in [-0.4, -0.2) is 66.5 Å². The molecule has 0 saturated carbocycles. The summed E-state index contributed by atoms with van der Waals surface area (Å²) >= 11 is 0. The number of esters is 3. The lowest BCUT2D eigenvalue weighted by Gasteiger charge is -2.21. The number of rotatable bonds is 58. The lowest BCUT2D eigenvalue weighted by molar-refractivity contribution is -0.161. The summed E-state index contributed by atoms with van der Waals surface area (Å²) in [6.45, 7) is 4.42. The smallest absolute Gasteiger partial charge is 0.462 e. The highest BCUT2D eigenvalue weighted by Crippen LogP contribution is 2.43. The number of carbonyl (C=O) groups excluding carboxylic acids is 3.